The van der Waals surface area contributed by atoms with E-state index in [1.54, 1.807) is 26.8 Å². The van der Waals surface area contributed by atoms with Crippen molar-refractivity contribution >= 4 is 11.9 Å². The number of carbonyl (C=O) groups excluding carboxylic acids is 2. The zero-order valence-electron chi connectivity index (χ0n) is 10.4. The molecule has 1 aromatic rings. The Bertz CT molecular complexity index is 411. The summed E-state index contributed by atoms with van der Waals surface area (Å²) in [4.78, 5) is 22.1. The molecule has 1 aromatic heterocycles. The van der Waals surface area contributed by atoms with E-state index < -0.39 is 11.4 Å². The van der Waals surface area contributed by atoms with E-state index >= 15 is 0 Å². The van der Waals surface area contributed by atoms with E-state index in [1.807, 2.05) is 0 Å². The summed E-state index contributed by atoms with van der Waals surface area (Å²) < 4.78 is 14.9. The molecule has 1 heterocycles. The van der Waals surface area contributed by atoms with Crippen molar-refractivity contribution in [2.75, 3.05) is 0 Å². The molecular formula is C12H16O5. The summed E-state index contributed by atoms with van der Waals surface area (Å²) in [5.74, 6) is -0.251. The van der Waals surface area contributed by atoms with Gasteiger partial charge < -0.3 is 13.9 Å². The summed E-state index contributed by atoms with van der Waals surface area (Å²) in [5, 5.41) is 0. The predicted molar refractivity (Wildman–Crippen MR) is 59.3 cm³/mol. The third-order valence-corrected chi connectivity index (χ3v) is 1.84. The van der Waals surface area contributed by atoms with Gasteiger partial charge in [0.1, 0.15) is 12.4 Å². The van der Waals surface area contributed by atoms with Crippen LogP contribution in [0.15, 0.2) is 16.5 Å². The number of rotatable bonds is 3. The van der Waals surface area contributed by atoms with Crippen LogP contribution in [0.4, 0.5) is 0 Å². The minimum absolute atomic E-state index is 0.0252. The van der Waals surface area contributed by atoms with Gasteiger partial charge in [0.05, 0.1) is 5.41 Å². The Labute approximate surface area is 99.7 Å². The van der Waals surface area contributed by atoms with E-state index in [4.69, 9.17) is 13.9 Å². The van der Waals surface area contributed by atoms with Gasteiger partial charge in [-0.25, -0.2) is 0 Å². The third-order valence-electron chi connectivity index (χ3n) is 1.84. The van der Waals surface area contributed by atoms with Gasteiger partial charge in [0.15, 0.2) is 0 Å². The first-order valence-corrected chi connectivity index (χ1v) is 5.23. The van der Waals surface area contributed by atoms with Gasteiger partial charge in [-0.3, -0.25) is 9.59 Å². The molecule has 0 bridgehead atoms. The second kappa shape index (κ2) is 5.03. The van der Waals surface area contributed by atoms with Crippen LogP contribution in [-0.4, -0.2) is 11.9 Å². The van der Waals surface area contributed by atoms with E-state index in [2.05, 4.69) is 0 Å². The SMILES string of the molecule is CC(=O)Oc1ccc(COC(=O)C(C)(C)C)o1. The number of hydrogen-bond donors (Lipinski definition) is 0. The Kier molecular flexibility index (Phi) is 3.93. The summed E-state index contributed by atoms with van der Waals surface area (Å²) in [5.41, 5.74) is -0.550. The monoisotopic (exact) mass is 240 g/mol. The third kappa shape index (κ3) is 4.30. The van der Waals surface area contributed by atoms with Crippen LogP contribution in [0, 0.1) is 5.41 Å². The fraction of sp³-hybridized carbons (Fsp3) is 0.500. The Morgan fingerprint density at radius 1 is 1.29 bits per heavy atom. The van der Waals surface area contributed by atoms with Crippen molar-refractivity contribution in [3.05, 3.63) is 17.9 Å². The predicted octanol–water partition coefficient (Wildman–Crippen LogP) is 2.29. The second-order valence-corrected chi connectivity index (χ2v) is 4.64. The zero-order chi connectivity index (χ0) is 13.1. The van der Waals surface area contributed by atoms with Gasteiger partial charge in [-0.05, 0) is 26.8 Å². The average molecular weight is 240 g/mol. The van der Waals surface area contributed by atoms with Crippen LogP contribution in [0.1, 0.15) is 33.5 Å². The topological polar surface area (TPSA) is 65.7 Å². The summed E-state index contributed by atoms with van der Waals surface area (Å²) in [7, 11) is 0. The van der Waals surface area contributed by atoms with E-state index in [-0.39, 0.29) is 18.5 Å². The Morgan fingerprint density at radius 2 is 1.94 bits per heavy atom. The van der Waals surface area contributed by atoms with Crippen LogP contribution in [0.5, 0.6) is 5.95 Å². The molecule has 5 heteroatoms. The first-order chi connectivity index (χ1) is 7.79. The standard InChI is InChI=1S/C12H16O5/c1-8(13)16-10-6-5-9(17-10)7-15-11(14)12(2,3)4/h5-6H,7H2,1-4H3. The Morgan fingerprint density at radius 3 is 2.47 bits per heavy atom. The summed E-state index contributed by atoms with van der Waals surface area (Å²) in [6.45, 7) is 6.60. The van der Waals surface area contributed by atoms with Gasteiger partial charge in [0.2, 0.25) is 0 Å². The van der Waals surface area contributed by atoms with Crippen LogP contribution >= 0.6 is 0 Å². The maximum absolute atomic E-state index is 11.5. The number of esters is 2. The molecule has 0 saturated heterocycles. The van der Waals surface area contributed by atoms with Crippen LogP contribution in [0.25, 0.3) is 0 Å². The maximum Gasteiger partial charge on any atom is 0.311 e. The Hall–Kier alpha value is -1.78. The molecule has 0 radical (unpaired) electrons. The fourth-order valence-corrected chi connectivity index (χ4v) is 0.986. The number of carbonyl (C=O) groups is 2. The lowest BCUT2D eigenvalue weighted by molar-refractivity contribution is -0.155. The number of ether oxygens (including phenoxy) is 2. The molecule has 0 fully saturated rings. The number of furan rings is 1. The average Bonchev–Trinajstić information content (AvgIpc) is 2.59. The van der Waals surface area contributed by atoms with Gasteiger partial charge in [-0.1, -0.05) is 0 Å². The zero-order valence-corrected chi connectivity index (χ0v) is 10.4. The molecule has 0 saturated carbocycles. The highest BCUT2D eigenvalue weighted by atomic mass is 16.6. The molecule has 0 aliphatic heterocycles. The molecule has 0 aliphatic rings. The quantitative estimate of drug-likeness (QED) is 0.758. The molecule has 5 nitrogen and oxygen atoms in total. The maximum atomic E-state index is 11.5. The van der Waals surface area contributed by atoms with Crippen molar-refractivity contribution in [3.8, 4) is 5.95 Å². The lowest BCUT2D eigenvalue weighted by Crippen LogP contribution is -2.22. The molecular weight excluding hydrogens is 224 g/mol. The summed E-state index contributed by atoms with van der Waals surface area (Å²) >= 11 is 0. The Balaban J connectivity index is 2.50. The van der Waals surface area contributed by atoms with Gasteiger partial charge in [-0.2, -0.15) is 0 Å². The first kappa shape index (κ1) is 13.3. The van der Waals surface area contributed by atoms with E-state index in [9.17, 15) is 9.59 Å². The highest BCUT2D eigenvalue weighted by molar-refractivity contribution is 5.75. The minimum atomic E-state index is -0.550. The van der Waals surface area contributed by atoms with Crippen molar-refractivity contribution < 1.29 is 23.5 Å². The molecule has 1 rings (SSSR count). The molecule has 17 heavy (non-hydrogen) atoms. The van der Waals surface area contributed by atoms with Gasteiger partial charge in [-0.15, -0.1) is 0 Å². The highest BCUT2D eigenvalue weighted by Crippen LogP contribution is 2.19. The molecule has 0 N–H and O–H groups in total. The van der Waals surface area contributed by atoms with Crippen molar-refractivity contribution in [1.82, 2.24) is 0 Å². The highest BCUT2D eigenvalue weighted by Gasteiger charge is 2.23. The molecule has 0 spiro atoms. The van der Waals surface area contributed by atoms with Crippen molar-refractivity contribution in [1.29, 1.82) is 0 Å². The van der Waals surface area contributed by atoms with Crippen LogP contribution in [0.3, 0.4) is 0 Å². The van der Waals surface area contributed by atoms with E-state index in [0.29, 0.717) is 5.76 Å². The van der Waals surface area contributed by atoms with Gasteiger partial charge in [0, 0.05) is 13.0 Å². The number of hydrogen-bond acceptors (Lipinski definition) is 5. The van der Waals surface area contributed by atoms with Crippen LogP contribution in [-0.2, 0) is 20.9 Å². The normalized spacial score (nSPS) is 11.1. The second-order valence-electron chi connectivity index (χ2n) is 4.64. The van der Waals surface area contributed by atoms with Crippen LogP contribution < -0.4 is 4.74 Å². The van der Waals surface area contributed by atoms with Crippen molar-refractivity contribution in [3.63, 3.8) is 0 Å². The molecule has 94 valence electrons. The summed E-state index contributed by atoms with van der Waals surface area (Å²) in [6.07, 6.45) is 0. The molecule has 0 amide bonds. The minimum Gasteiger partial charge on any atom is -0.457 e. The lowest BCUT2D eigenvalue weighted by atomic mass is 9.97. The van der Waals surface area contributed by atoms with E-state index in [1.165, 1.54) is 13.0 Å². The van der Waals surface area contributed by atoms with Crippen LogP contribution in [0.2, 0.25) is 0 Å². The largest absolute Gasteiger partial charge is 0.457 e. The smallest absolute Gasteiger partial charge is 0.311 e. The molecule has 0 unspecified atom stereocenters. The lowest BCUT2D eigenvalue weighted by Gasteiger charge is -2.15. The molecule has 0 aliphatic carbocycles. The van der Waals surface area contributed by atoms with Gasteiger partial charge in [0.25, 0.3) is 5.95 Å². The molecule has 0 aromatic carbocycles. The van der Waals surface area contributed by atoms with E-state index in [0.717, 1.165) is 0 Å². The molecule has 0 atom stereocenters. The summed E-state index contributed by atoms with van der Waals surface area (Å²) in [6, 6.07) is 3.09. The first-order valence-electron chi connectivity index (χ1n) is 5.23. The van der Waals surface area contributed by atoms with Gasteiger partial charge >= 0.3 is 11.9 Å². The fourth-order valence-electron chi connectivity index (χ4n) is 0.986. The van der Waals surface area contributed by atoms with Crippen molar-refractivity contribution in [2.24, 2.45) is 5.41 Å². The van der Waals surface area contributed by atoms with Crippen molar-refractivity contribution in [2.45, 2.75) is 34.3 Å².